The molecule has 142 valence electrons. The van der Waals surface area contributed by atoms with Crippen LogP contribution in [0.1, 0.15) is 23.7 Å². The van der Waals surface area contributed by atoms with Crippen LogP contribution in [0, 0.1) is 10.1 Å². The van der Waals surface area contributed by atoms with Gasteiger partial charge in [-0.15, -0.1) is 0 Å². The highest BCUT2D eigenvalue weighted by Gasteiger charge is 2.12. The Labute approximate surface area is 160 Å². The van der Waals surface area contributed by atoms with Crippen LogP contribution >= 0.6 is 11.6 Å². The first-order chi connectivity index (χ1) is 12.9. The molecule has 1 amide bonds. The molecule has 2 aromatic carbocycles. The van der Waals surface area contributed by atoms with Crippen LogP contribution in [0.3, 0.4) is 0 Å². The number of hydrogen-bond donors (Lipinski definition) is 1. The Morgan fingerprint density at radius 1 is 1.19 bits per heavy atom. The number of carbonyl (C=O) groups is 2. The van der Waals surface area contributed by atoms with Gasteiger partial charge in [-0.1, -0.05) is 18.5 Å². The second-order valence-electron chi connectivity index (χ2n) is 5.42. The van der Waals surface area contributed by atoms with E-state index in [9.17, 15) is 19.7 Å². The molecule has 0 saturated carbocycles. The maximum atomic E-state index is 12.0. The van der Waals surface area contributed by atoms with Crippen LogP contribution in [0.25, 0.3) is 0 Å². The Morgan fingerprint density at radius 2 is 1.89 bits per heavy atom. The Hall–Kier alpha value is -3.13. The summed E-state index contributed by atoms with van der Waals surface area (Å²) < 4.78 is 10.3. The fourth-order valence-corrected chi connectivity index (χ4v) is 2.26. The quantitative estimate of drug-likeness (QED) is 0.415. The molecule has 0 atom stereocenters. The number of nitro groups is 1. The van der Waals surface area contributed by atoms with E-state index in [2.05, 4.69) is 5.32 Å². The van der Waals surface area contributed by atoms with Gasteiger partial charge in [-0.3, -0.25) is 14.9 Å². The number of hydrogen-bond acceptors (Lipinski definition) is 6. The second-order valence-corrected chi connectivity index (χ2v) is 5.83. The molecule has 0 saturated heterocycles. The molecule has 0 bridgehead atoms. The SMILES string of the molecule is CCCOC(=O)c1ccc(NC(=O)COc2ccc([N+](=O)[O-])cc2Cl)cc1. The van der Waals surface area contributed by atoms with Gasteiger partial charge >= 0.3 is 5.97 Å². The number of ether oxygens (including phenoxy) is 2. The summed E-state index contributed by atoms with van der Waals surface area (Å²) in [5, 5.41) is 13.3. The molecule has 0 heterocycles. The van der Waals surface area contributed by atoms with Gasteiger partial charge in [0.2, 0.25) is 0 Å². The fraction of sp³-hybridized carbons (Fsp3) is 0.222. The Kier molecular flexibility index (Phi) is 7.13. The molecular weight excluding hydrogens is 376 g/mol. The van der Waals surface area contributed by atoms with E-state index in [0.29, 0.717) is 17.9 Å². The maximum Gasteiger partial charge on any atom is 0.338 e. The van der Waals surface area contributed by atoms with Gasteiger partial charge in [0, 0.05) is 17.8 Å². The van der Waals surface area contributed by atoms with Gasteiger partial charge in [-0.25, -0.2) is 4.79 Å². The van der Waals surface area contributed by atoms with Gasteiger partial charge in [-0.2, -0.15) is 0 Å². The number of anilines is 1. The third-order valence-electron chi connectivity index (χ3n) is 3.33. The Balaban J connectivity index is 1.88. The van der Waals surface area contributed by atoms with E-state index in [1.165, 1.54) is 12.1 Å². The third kappa shape index (κ3) is 5.96. The minimum absolute atomic E-state index is 0.0342. The summed E-state index contributed by atoms with van der Waals surface area (Å²) in [5.41, 5.74) is 0.690. The molecule has 8 nitrogen and oxygen atoms in total. The lowest BCUT2D eigenvalue weighted by molar-refractivity contribution is -0.384. The van der Waals surface area contributed by atoms with Crippen LogP contribution in [0.15, 0.2) is 42.5 Å². The molecule has 0 aromatic heterocycles. The van der Waals surface area contributed by atoms with Gasteiger partial charge in [-0.05, 0) is 36.8 Å². The summed E-state index contributed by atoms with van der Waals surface area (Å²) in [6.07, 6.45) is 0.735. The van der Waals surface area contributed by atoms with Crippen molar-refractivity contribution < 1.29 is 24.0 Å². The van der Waals surface area contributed by atoms with Crippen molar-refractivity contribution in [3.63, 3.8) is 0 Å². The first kappa shape index (κ1) is 20.2. The van der Waals surface area contributed by atoms with Crippen molar-refractivity contribution in [1.29, 1.82) is 0 Å². The molecule has 0 unspecified atom stereocenters. The summed E-state index contributed by atoms with van der Waals surface area (Å²) in [4.78, 5) is 33.7. The van der Waals surface area contributed by atoms with Gasteiger partial charge in [0.15, 0.2) is 6.61 Å². The van der Waals surface area contributed by atoms with Crippen molar-refractivity contribution in [2.24, 2.45) is 0 Å². The number of benzene rings is 2. The van der Waals surface area contributed by atoms with Gasteiger partial charge in [0.05, 0.1) is 22.1 Å². The number of rotatable bonds is 8. The van der Waals surface area contributed by atoms with Crippen molar-refractivity contribution in [3.05, 3.63) is 63.2 Å². The average molecular weight is 393 g/mol. The fourth-order valence-electron chi connectivity index (χ4n) is 2.03. The predicted molar refractivity (Wildman–Crippen MR) is 99.2 cm³/mol. The smallest absolute Gasteiger partial charge is 0.338 e. The predicted octanol–water partition coefficient (Wildman–Crippen LogP) is 3.83. The first-order valence-electron chi connectivity index (χ1n) is 8.04. The van der Waals surface area contributed by atoms with Crippen molar-refractivity contribution in [1.82, 2.24) is 0 Å². The lowest BCUT2D eigenvalue weighted by Gasteiger charge is -2.09. The lowest BCUT2D eigenvalue weighted by Crippen LogP contribution is -2.20. The molecule has 1 N–H and O–H groups in total. The Morgan fingerprint density at radius 3 is 2.48 bits per heavy atom. The zero-order chi connectivity index (χ0) is 19.8. The minimum atomic E-state index is -0.579. The van der Waals surface area contributed by atoms with E-state index in [1.54, 1.807) is 24.3 Å². The van der Waals surface area contributed by atoms with Crippen LogP contribution in [0.5, 0.6) is 5.75 Å². The molecule has 2 rings (SSSR count). The molecule has 0 aliphatic heterocycles. The maximum absolute atomic E-state index is 12.0. The molecular formula is C18H17ClN2O6. The summed E-state index contributed by atoms with van der Waals surface area (Å²) in [5.74, 6) is -0.719. The molecule has 0 aliphatic rings. The van der Waals surface area contributed by atoms with E-state index in [-0.39, 0.29) is 23.1 Å². The first-order valence-corrected chi connectivity index (χ1v) is 8.42. The number of halogens is 1. The topological polar surface area (TPSA) is 108 Å². The van der Waals surface area contributed by atoms with Gasteiger partial charge < -0.3 is 14.8 Å². The highest BCUT2D eigenvalue weighted by Crippen LogP contribution is 2.28. The summed E-state index contributed by atoms with van der Waals surface area (Å²) in [7, 11) is 0. The van der Waals surface area contributed by atoms with Gasteiger partial charge in [0.25, 0.3) is 11.6 Å². The Bertz CT molecular complexity index is 838. The second kappa shape index (κ2) is 9.54. The average Bonchev–Trinajstić information content (AvgIpc) is 2.65. The number of esters is 1. The van der Waals surface area contributed by atoms with Crippen molar-refractivity contribution in [2.75, 3.05) is 18.5 Å². The minimum Gasteiger partial charge on any atom is -0.482 e. The number of amides is 1. The number of non-ortho nitro benzene ring substituents is 1. The monoisotopic (exact) mass is 392 g/mol. The van der Waals surface area contributed by atoms with Crippen LogP contribution in [-0.2, 0) is 9.53 Å². The largest absolute Gasteiger partial charge is 0.482 e. The van der Waals surface area contributed by atoms with Crippen molar-refractivity contribution >= 4 is 34.9 Å². The molecule has 0 radical (unpaired) electrons. The molecule has 0 spiro atoms. The molecule has 27 heavy (non-hydrogen) atoms. The van der Waals surface area contributed by atoms with E-state index >= 15 is 0 Å². The number of nitrogens with one attached hydrogen (secondary N) is 1. The molecule has 2 aromatic rings. The zero-order valence-corrected chi connectivity index (χ0v) is 15.2. The summed E-state index contributed by atoms with van der Waals surface area (Å²) in [6, 6.07) is 9.92. The molecule has 0 aliphatic carbocycles. The van der Waals surface area contributed by atoms with Gasteiger partial charge in [0.1, 0.15) is 5.75 Å². The van der Waals surface area contributed by atoms with Crippen molar-refractivity contribution in [3.8, 4) is 5.75 Å². The molecule has 0 fully saturated rings. The number of nitro benzene ring substituents is 1. The normalized spacial score (nSPS) is 10.1. The lowest BCUT2D eigenvalue weighted by atomic mass is 10.2. The highest BCUT2D eigenvalue weighted by molar-refractivity contribution is 6.32. The van der Waals surface area contributed by atoms with Crippen LogP contribution in [-0.4, -0.2) is 30.0 Å². The highest BCUT2D eigenvalue weighted by atomic mass is 35.5. The summed E-state index contributed by atoms with van der Waals surface area (Å²) >= 11 is 5.90. The van der Waals surface area contributed by atoms with E-state index in [4.69, 9.17) is 21.1 Å². The van der Waals surface area contributed by atoms with Crippen LogP contribution in [0.2, 0.25) is 5.02 Å². The third-order valence-corrected chi connectivity index (χ3v) is 3.62. The molecule has 9 heteroatoms. The number of carbonyl (C=O) groups excluding carboxylic acids is 2. The standard InChI is InChI=1S/C18H17ClN2O6/c1-2-9-26-18(23)12-3-5-13(6-4-12)20-17(22)11-27-16-8-7-14(21(24)25)10-15(16)19/h3-8,10H,2,9,11H2,1H3,(H,20,22). The van der Waals surface area contributed by atoms with Crippen LogP contribution < -0.4 is 10.1 Å². The van der Waals surface area contributed by atoms with E-state index in [0.717, 1.165) is 12.5 Å². The summed E-state index contributed by atoms with van der Waals surface area (Å²) in [6.45, 7) is 1.91. The van der Waals surface area contributed by atoms with Crippen LogP contribution in [0.4, 0.5) is 11.4 Å². The van der Waals surface area contributed by atoms with E-state index < -0.39 is 16.8 Å². The van der Waals surface area contributed by atoms with E-state index in [1.807, 2.05) is 6.92 Å². The zero-order valence-electron chi connectivity index (χ0n) is 14.4. The van der Waals surface area contributed by atoms with Crippen molar-refractivity contribution in [2.45, 2.75) is 13.3 Å². The number of nitrogens with zero attached hydrogens (tertiary/aromatic N) is 1.